The summed E-state index contributed by atoms with van der Waals surface area (Å²) in [4.78, 5) is 14.9. The molecule has 0 fully saturated rings. The number of nitrogens with zero attached hydrogens (tertiary/aromatic N) is 5. The van der Waals surface area contributed by atoms with Gasteiger partial charge in [-0.1, -0.05) is 206 Å². The molecule has 0 aliphatic rings. The molecule has 3 aromatic heterocycles. The number of fused-ring (bicyclic) bond motifs is 2. The predicted molar refractivity (Wildman–Crippen MR) is 320 cm³/mol. The first kappa shape index (κ1) is 57.6. The van der Waals surface area contributed by atoms with Crippen LogP contribution in [0.15, 0.2) is 152 Å². The van der Waals surface area contributed by atoms with E-state index in [2.05, 4.69) is 210 Å². The number of para-hydroxylation sites is 1. The smallest absolute Gasteiger partial charge is 0.433 e. The average Bonchev–Trinajstić information content (AvgIpc) is 3.96. The van der Waals surface area contributed by atoms with E-state index < -0.39 is 22.7 Å². The Hall–Kier alpha value is -7.09. The second kappa shape index (κ2) is 20.5. The van der Waals surface area contributed by atoms with Crippen LogP contribution in [0.1, 0.15) is 137 Å². The third kappa shape index (κ3) is 10.9. The van der Waals surface area contributed by atoms with Crippen LogP contribution in [0.4, 0.5) is 13.2 Å². The van der Waals surface area contributed by atoms with Gasteiger partial charge in [0.25, 0.3) is 0 Å². The van der Waals surface area contributed by atoms with Crippen molar-refractivity contribution in [3.05, 3.63) is 191 Å². The molecule has 0 bridgehead atoms. The Morgan fingerprint density at radius 1 is 0.412 bits per heavy atom. The summed E-state index contributed by atoms with van der Waals surface area (Å²) in [5.41, 5.74) is 12.7. The standard InChI is InChI=1S/C70H71F3N5O.Pt/c1-65(2,3)46-29-31-55(51(38-46)42-23-18-16-19-24-42)77-57-28-22-27-50(60(57)75-64(77)53-40-49(68(10,11)12)41-54(61(53)79)69(13,14)15)44-35-45(37-48(36-44)67(7,8)9)63-76-62-58(33-34-59(74-62)70(71,72)73)78(63)56-32-30-47(66(4,5)6)39-52(56)43-25-20-17-21-26-43;/h16-34,36-41,79H,1-15H3;/q-1;. The van der Waals surface area contributed by atoms with Crippen LogP contribution in [0, 0.1) is 6.07 Å². The summed E-state index contributed by atoms with van der Waals surface area (Å²) < 4.78 is 47.7. The number of pyridine rings is 1. The van der Waals surface area contributed by atoms with Crippen LogP contribution in [0.2, 0.25) is 0 Å². The van der Waals surface area contributed by atoms with Crippen LogP contribution >= 0.6 is 0 Å². The predicted octanol–water partition coefficient (Wildman–Crippen LogP) is 19.1. The Morgan fingerprint density at radius 2 is 0.900 bits per heavy atom. The zero-order valence-electron chi connectivity index (χ0n) is 48.6. The number of phenols is 1. The molecule has 3 heterocycles. The van der Waals surface area contributed by atoms with Crippen molar-refractivity contribution in [2.75, 3.05) is 0 Å². The SMILES string of the molecule is CC(C)(C)c1cc(-c2cccc3c2nc(-c2cc(C(C)(C)C)cc(C(C)(C)C)c2O)n3-c2ccc(C(C)(C)C)cc2-c2ccccc2)[c-]c(-c2nc3nc(C(F)(F)F)ccc3n2-c2ccc(C(C)(C)C)cc2-c2ccccc2)c1.[Pt]. The summed E-state index contributed by atoms with van der Waals surface area (Å²) in [6.45, 7) is 32.5. The summed E-state index contributed by atoms with van der Waals surface area (Å²) in [6.07, 6.45) is -4.69. The van der Waals surface area contributed by atoms with E-state index in [1.807, 2.05) is 53.1 Å². The monoisotopic (exact) mass is 1250 g/mol. The van der Waals surface area contributed by atoms with Crippen molar-refractivity contribution in [1.82, 2.24) is 24.1 Å². The van der Waals surface area contributed by atoms with Crippen LogP contribution in [0.25, 0.3) is 89.7 Å². The van der Waals surface area contributed by atoms with Gasteiger partial charge in [-0.25, -0.2) is 15.0 Å². The third-order valence-corrected chi connectivity index (χ3v) is 15.2. The summed E-state index contributed by atoms with van der Waals surface area (Å²) in [5.74, 6) is 1.13. The molecule has 0 aliphatic carbocycles. The quantitative estimate of drug-likeness (QED) is 0.162. The first-order chi connectivity index (χ1) is 36.9. The zero-order valence-corrected chi connectivity index (χ0v) is 50.8. The van der Waals surface area contributed by atoms with Crippen LogP contribution in [0.3, 0.4) is 0 Å². The number of halogens is 3. The number of benzene rings is 7. The summed E-state index contributed by atoms with van der Waals surface area (Å²) in [6, 6.07) is 54.3. The van der Waals surface area contributed by atoms with Gasteiger partial charge >= 0.3 is 6.18 Å². The summed E-state index contributed by atoms with van der Waals surface area (Å²) in [7, 11) is 0. The fourth-order valence-electron chi connectivity index (χ4n) is 10.5. The Kier molecular flexibility index (Phi) is 14.7. The fourth-order valence-corrected chi connectivity index (χ4v) is 10.5. The second-order valence-corrected chi connectivity index (χ2v) is 26.3. The largest absolute Gasteiger partial charge is 0.507 e. The van der Waals surface area contributed by atoms with Gasteiger partial charge in [-0.3, -0.25) is 4.57 Å². The van der Waals surface area contributed by atoms with E-state index in [0.29, 0.717) is 39.4 Å². The molecule has 10 heteroatoms. The van der Waals surface area contributed by atoms with Crippen LogP contribution in [0.5, 0.6) is 5.75 Å². The molecule has 6 nitrogen and oxygen atoms in total. The van der Waals surface area contributed by atoms with E-state index >= 15 is 0 Å². The Bertz CT molecular complexity index is 3970. The number of alkyl halides is 3. The summed E-state index contributed by atoms with van der Waals surface area (Å²) >= 11 is 0. The third-order valence-electron chi connectivity index (χ3n) is 15.2. The average molecular weight is 1250 g/mol. The molecular formula is C70H71F3N5OPt-. The van der Waals surface area contributed by atoms with Crippen molar-refractivity contribution < 1.29 is 39.3 Å². The first-order valence-corrected chi connectivity index (χ1v) is 27.2. The maximum absolute atomic E-state index is 14.5. The molecule has 0 saturated carbocycles. The van der Waals surface area contributed by atoms with Gasteiger partial charge < -0.3 is 9.67 Å². The Balaban J connectivity index is 0.00000774. The van der Waals surface area contributed by atoms with E-state index in [4.69, 9.17) is 9.97 Å². The number of rotatable bonds is 7. The van der Waals surface area contributed by atoms with Crippen LogP contribution in [-0.4, -0.2) is 29.2 Å². The molecule has 80 heavy (non-hydrogen) atoms. The number of hydrogen-bond acceptors (Lipinski definition) is 4. The van der Waals surface area contributed by atoms with Gasteiger partial charge in [0.2, 0.25) is 0 Å². The van der Waals surface area contributed by atoms with Gasteiger partial charge in [-0.05, 0) is 103 Å². The van der Waals surface area contributed by atoms with Gasteiger partial charge in [0.05, 0.1) is 33.6 Å². The van der Waals surface area contributed by atoms with E-state index in [9.17, 15) is 18.3 Å². The van der Waals surface area contributed by atoms with E-state index in [1.165, 1.54) is 11.6 Å². The molecule has 7 aromatic carbocycles. The first-order valence-electron chi connectivity index (χ1n) is 27.2. The molecule has 0 spiro atoms. The van der Waals surface area contributed by atoms with Gasteiger partial charge in [0, 0.05) is 43.4 Å². The van der Waals surface area contributed by atoms with Crippen molar-refractivity contribution in [3.63, 3.8) is 0 Å². The maximum atomic E-state index is 14.5. The summed E-state index contributed by atoms with van der Waals surface area (Å²) in [5, 5.41) is 12.7. The van der Waals surface area contributed by atoms with Crippen molar-refractivity contribution in [1.29, 1.82) is 0 Å². The minimum absolute atomic E-state index is 0. The van der Waals surface area contributed by atoms with Crippen molar-refractivity contribution in [2.45, 2.75) is 137 Å². The zero-order chi connectivity index (χ0) is 56.9. The number of aromatic hydroxyl groups is 1. The van der Waals surface area contributed by atoms with Crippen molar-refractivity contribution >= 4 is 22.2 Å². The minimum Gasteiger partial charge on any atom is -0.507 e. The van der Waals surface area contributed by atoms with Crippen LogP contribution in [-0.2, 0) is 54.3 Å². The molecule has 10 rings (SSSR count). The van der Waals surface area contributed by atoms with Gasteiger partial charge in [-0.15, -0.1) is 29.3 Å². The number of imidazole rings is 2. The van der Waals surface area contributed by atoms with Gasteiger partial charge in [-0.2, -0.15) is 13.2 Å². The molecule has 0 radical (unpaired) electrons. The second-order valence-electron chi connectivity index (χ2n) is 26.3. The maximum Gasteiger partial charge on any atom is 0.433 e. The van der Waals surface area contributed by atoms with E-state index in [-0.39, 0.29) is 48.7 Å². The molecular weight excluding hydrogens is 1180 g/mol. The normalized spacial score (nSPS) is 12.8. The van der Waals surface area contributed by atoms with Gasteiger partial charge in [0.1, 0.15) is 17.3 Å². The molecule has 0 unspecified atom stereocenters. The topological polar surface area (TPSA) is 68.8 Å². The Labute approximate surface area is 484 Å². The molecule has 0 saturated heterocycles. The molecule has 0 aliphatic heterocycles. The van der Waals surface area contributed by atoms with Crippen LogP contribution < -0.4 is 0 Å². The number of hydrogen-bond donors (Lipinski definition) is 1. The number of phenolic OH excluding ortho intramolecular Hbond substituents is 1. The van der Waals surface area contributed by atoms with Crippen molar-refractivity contribution in [3.8, 4) is 73.3 Å². The minimum atomic E-state index is -4.69. The molecule has 10 aromatic rings. The van der Waals surface area contributed by atoms with E-state index in [0.717, 1.165) is 73.0 Å². The molecule has 0 atom stereocenters. The van der Waals surface area contributed by atoms with Gasteiger partial charge in [0.15, 0.2) is 5.65 Å². The molecule has 414 valence electrons. The van der Waals surface area contributed by atoms with E-state index in [1.54, 1.807) is 0 Å². The molecule has 1 N–H and O–H groups in total. The number of aromatic nitrogens is 5. The Morgan fingerprint density at radius 3 is 1.40 bits per heavy atom. The van der Waals surface area contributed by atoms with Crippen molar-refractivity contribution in [2.24, 2.45) is 0 Å². The molecule has 0 amide bonds. The fraction of sp³-hybridized carbons (Fsp3) is 0.300.